The molecule has 1 amide bonds. The summed E-state index contributed by atoms with van der Waals surface area (Å²) in [5, 5.41) is 13.0. The molecule has 3 rings (SSSR count). The van der Waals surface area contributed by atoms with Crippen molar-refractivity contribution in [1.29, 1.82) is 0 Å². The second-order valence-corrected chi connectivity index (χ2v) is 5.01. The van der Waals surface area contributed by atoms with Crippen LogP contribution in [0, 0.1) is 0 Å². The fourth-order valence-electron chi connectivity index (χ4n) is 2.35. The second kappa shape index (κ2) is 6.50. The number of nitrogens with zero attached hydrogens (tertiary/aromatic N) is 1. The van der Waals surface area contributed by atoms with Gasteiger partial charge in [-0.15, -0.1) is 0 Å². The minimum absolute atomic E-state index is 0.164. The Labute approximate surface area is 133 Å². The molecular formula is C17H17N3O3. The van der Waals surface area contributed by atoms with Crippen LogP contribution in [-0.2, 0) is 6.61 Å². The van der Waals surface area contributed by atoms with E-state index < -0.39 is 0 Å². The van der Waals surface area contributed by atoms with Gasteiger partial charge in [-0.2, -0.15) is 0 Å². The molecule has 0 radical (unpaired) electrons. The number of nitrogens with one attached hydrogen (secondary N) is 2. The Hall–Kier alpha value is -2.86. The zero-order valence-electron chi connectivity index (χ0n) is 12.7. The van der Waals surface area contributed by atoms with Gasteiger partial charge in [0.2, 0.25) is 0 Å². The van der Waals surface area contributed by atoms with Crippen LogP contribution in [0.1, 0.15) is 23.0 Å². The SMILES string of the molecule is CCOc1ccc2cc(C(=O)Nc3cnccc3CO)[nH]c2c1. The number of rotatable bonds is 5. The largest absolute Gasteiger partial charge is 0.494 e. The van der Waals surface area contributed by atoms with Crippen molar-refractivity contribution in [1.82, 2.24) is 9.97 Å². The molecule has 23 heavy (non-hydrogen) atoms. The monoisotopic (exact) mass is 311 g/mol. The van der Waals surface area contributed by atoms with Gasteiger partial charge in [0, 0.05) is 28.7 Å². The van der Waals surface area contributed by atoms with Crippen molar-refractivity contribution in [2.24, 2.45) is 0 Å². The van der Waals surface area contributed by atoms with Gasteiger partial charge in [-0.1, -0.05) is 0 Å². The summed E-state index contributed by atoms with van der Waals surface area (Å²) in [5.41, 5.74) is 2.37. The summed E-state index contributed by atoms with van der Waals surface area (Å²) in [5.74, 6) is 0.463. The number of aromatic nitrogens is 2. The van der Waals surface area contributed by atoms with Crippen LogP contribution in [0.25, 0.3) is 10.9 Å². The number of carbonyl (C=O) groups excluding carboxylic acids is 1. The fourth-order valence-corrected chi connectivity index (χ4v) is 2.35. The van der Waals surface area contributed by atoms with Crippen molar-refractivity contribution in [2.75, 3.05) is 11.9 Å². The van der Waals surface area contributed by atoms with Crippen LogP contribution in [0.4, 0.5) is 5.69 Å². The molecule has 0 aliphatic heterocycles. The van der Waals surface area contributed by atoms with Crippen LogP contribution < -0.4 is 10.1 Å². The topological polar surface area (TPSA) is 87.2 Å². The number of hydrogen-bond acceptors (Lipinski definition) is 4. The van der Waals surface area contributed by atoms with E-state index in [1.165, 1.54) is 6.20 Å². The predicted molar refractivity (Wildman–Crippen MR) is 87.6 cm³/mol. The Bertz CT molecular complexity index is 842. The van der Waals surface area contributed by atoms with Crippen LogP contribution in [0.2, 0.25) is 0 Å². The lowest BCUT2D eigenvalue weighted by Gasteiger charge is -2.07. The van der Waals surface area contributed by atoms with Crippen molar-refractivity contribution < 1.29 is 14.6 Å². The molecule has 0 spiro atoms. The lowest BCUT2D eigenvalue weighted by atomic mass is 10.2. The maximum Gasteiger partial charge on any atom is 0.272 e. The number of fused-ring (bicyclic) bond motifs is 1. The number of ether oxygens (including phenoxy) is 1. The molecule has 3 aromatic rings. The molecule has 0 atom stereocenters. The molecule has 3 N–H and O–H groups in total. The molecule has 0 aliphatic rings. The third-order valence-electron chi connectivity index (χ3n) is 3.48. The Kier molecular flexibility index (Phi) is 4.25. The summed E-state index contributed by atoms with van der Waals surface area (Å²) in [6.07, 6.45) is 3.08. The second-order valence-electron chi connectivity index (χ2n) is 5.01. The number of aromatic amines is 1. The number of anilines is 1. The van der Waals surface area contributed by atoms with Gasteiger partial charge >= 0.3 is 0 Å². The summed E-state index contributed by atoms with van der Waals surface area (Å²) in [7, 11) is 0. The van der Waals surface area contributed by atoms with Gasteiger partial charge in [-0.05, 0) is 31.2 Å². The highest BCUT2D eigenvalue weighted by molar-refractivity contribution is 6.06. The van der Waals surface area contributed by atoms with Crippen LogP contribution in [0.15, 0.2) is 42.7 Å². The van der Waals surface area contributed by atoms with E-state index in [1.54, 1.807) is 18.3 Å². The summed E-state index contributed by atoms with van der Waals surface area (Å²) in [6, 6.07) is 9.06. The highest BCUT2D eigenvalue weighted by atomic mass is 16.5. The first-order chi connectivity index (χ1) is 11.2. The number of benzene rings is 1. The van der Waals surface area contributed by atoms with Gasteiger partial charge in [0.25, 0.3) is 5.91 Å². The number of H-pyrrole nitrogens is 1. The molecule has 0 bridgehead atoms. The summed E-state index contributed by atoms with van der Waals surface area (Å²) in [4.78, 5) is 19.4. The van der Waals surface area contributed by atoms with E-state index >= 15 is 0 Å². The number of pyridine rings is 1. The van der Waals surface area contributed by atoms with E-state index in [2.05, 4.69) is 15.3 Å². The number of aliphatic hydroxyl groups excluding tert-OH is 1. The zero-order chi connectivity index (χ0) is 16.2. The lowest BCUT2D eigenvalue weighted by molar-refractivity contribution is 0.102. The van der Waals surface area contributed by atoms with Crippen LogP contribution in [-0.4, -0.2) is 27.6 Å². The summed E-state index contributed by atoms with van der Waals surface area (Å²) in [6.45, 7) is 2.34. The first-order valence-corrected chi connectivity index (χ1v) is 7.32. The van der Waals surface area contributed by atoms with E-state index in [-0.39, 0.29) is 12.5 Å². The van der Waals surface area contributed by atoms with Gasteiger partial charge in [-0.3, -0.25) is 9.78 Å². The Morgan fingerprint density at radius 3 is 3.00 bits per heavy atom. The molecule has 6 nitrogen and oxygen atoms in total. The molecule has 0 saturated carbocycles. The maximum absolute atomic E-state index is 12.4. The molecule has 2 heterocycles. The number of hydrogen-bond donors (Lipinski definition) is 3. The molecule has 0 saturated heterocycles. The minimum Gasteiger partial charge on any atom is -0.494 e. The Morgan fingerprint density at radius 1 is 1.35 bits per heavy atom. The number of aliphatic hydroxyl groups is 1. The van der Waals surface area contributed by atoms with Crippen LogP contribution in [0.5, 0.6) is 5.75 Å². The third-order valence-corrected chi connectivity index (χ3v) is 3.48. The van der Waals surface area contributed by atoms with Crippen LogP contribution >= 0.6 is 0 Å². The average Bonchev–Trinajstić information content (AvgIpc) is 2.99. The smallest absolute Gasteiger partial charge is 0.272 e. The standard InChI is InChI=1S/C17H17N3O3/c1-2-23-13-4-3-11-7-15(19-14(11)8-13)17(22)20-16-9-18-6-5-12(16)10-21/h3-9,19,21H,2,10H2,1H3,(H,20,22). The highest BCUT2D eigenvalue weighted by Gasteiger charge is 2.12. The van der Waals surface area contributed by atoms with Gasteiger partial charge in [0.15, 0.2) is 0 Å². The van der Waals surface area contributed by atoms with Crippen molar-refractivity contribution in [2.45, 2.75) is 13.5 Å². The van der Waals surface area contributed by atoms with Crippen molar-refractivity contribution >= 4 is 22.5 Å². The number of carbonyl (C=O) groups is 1. The van der Waals surface area contributed by atoms with E-state index in [0.29, 0.717) is 23.6 Å². The van der Waals surface area contributed by atoms with Crippen molar-refractivity contribution in [3.63, 3.8) is 0 Å². The van der Waals surface area contributed by atoms with E-state index in [9.17, 15) is 9.90 Å². The summed E-state index contributed by atoms with van der Waals surface area (Å²) >= 11 is 0. The molecule has 0 fully saturated rings. The number of amides is 1. The van der Waals surface area contributed by atoms with Gasteiger partial charge in [0.1, 0.15) is 11.4 Å². The van der Waals surface area contributed by atoms with E-state index in [0.717, 1.165) is 16.7 Å². The normalized spacial score (nSPS) is 10.7. The lowest BCUT2D eigenvalue weighted by Crippen LogP contribution is -2.13. The molecule has 118 valence electrons. The zero-order valence-corrected chi connectivity index (χ0v) is 12.7. The summed E-state index contributed by atoms with van der Waals surface area (Å²) < 4.78 is 5.45. The van der Waals surface area contributed by atoms with Crippen molar-refractivity contribution in [3.05, 3.63) is 54.0 Å². The van der Waals surface area contributed by atoms with E-state index in [4.69, 9.17) is 4.74 Å². The van der Waals surface area contributed by atoms with Gasteiger partial charge in [0.05, 0.1) is 25.1 Å². The first-order valence-electron chi connectivity index (χ1n) is 7.32. The molecular weight excluding hydrogens is 294 g/mol. The molecule has 0 unspecified atom stereocenters. The minimum atomic E-state index is -0.290. The molecule has 0 aliphatic carbocycles. The van der Waals surface area contributed by atoms with Crippen molar-refractivity contribution in [3.8, 4) is 5.75 Å². The quantitative estimate of drug-likeness (QED) is 0.676. The van der Waals surface area contributed by atoms with Gasteiger partial charge < -0.3 is 20.1 Å². The molecule has 6 heteroatoms. The Morgan fingerprint density at radius 2 is 2.22 bits per heavy atom. The molecule has 1 aromatic carbocycles. The molecule has 2 aromatic heterocycles. The maximum atomic E-state index is 12.4. The average molecular weight is 311 g/mol. The predicted octanol–water partition coefficient (Wildman–Crippen LogP) is 2.71. The van der Waals surface area contributed by atoms with E-state index in [1.807, 2.05) is 25.1 Å². The van der Waals surface area contributed by atoms with Gasteiger partial charge in [-0.25, -0.2) is 0 Å². The first kappa shape index (κ1) is 15.1. The Balaban J connectivity index is 1.86. The highest BCUT2D eigenvalue weighted by Crippen LogP contribution is 2.22. The third kappa shape index (κ3) is 3.17. The fraction of sp³-hybridized carbons (Fsp3) is 0.176. The van der Waals surface area contributed by atoms with Crippen LogP contribution in [0.3, 0.4) is 0 Å².